The second-order valence-corrected chi connectivity index (χ2v) is 20.7. The molecule has 4 aromatic carbocycles. The van der Waals surface area contributed by atoms with E-state index in [1.807, 2.05) is 0 Å². The van der Waals surface area contributed by atoms with E-state index in [0.29, 0.717) is 12.8 Å². The predicted molar refractivity (Wildman–Crippen MR) is 152 cm³/mol. The Kier molecular flexibility index (Phi) is 12.2. The number of benzene rings is 4. The van der Waals surface area contributed by atoms with Crippen LogP contribution in [-0.2, 0) is 12.8 Å². The van der Waals surface area contributed by atoms with E-state index in [1.54, 1.807) is 12.5 Å². The third kappa shape index (κ3) is 10.7. The van der Waals surface area contributed by atoms with Crippen LogP contribution in [0.1, 0.15) is 11.6 Å². The number of aromatic nitrogens is 8. The normalized spacial score (nSPS) is 9.58. The van der Waals surface area contributed by atoms with Crippen molar-refractivity contribution in [2.24, 2.45) is 0 Å². The summed E-state index contributed by atoms with van der Waals surface area (Å²) in [6.07, 6.45) is 1.40. The molecule has 6 rings (SSSR count). The molecule has 8 nitrogen and oxygen atoms in total. The minimum atomic E-state index is -0.866. The first kappa shape index (κ1) is 27.9. The van der Waals surface area contributed by atoms with Crippen molar-refractivity contribution in [1.29, 1.82) is 0 Å². The molecule has 0 fully saturated rings. The van der Waals surface area contributed by atoms with Gasteiger partial charge in [-0.1, -0.05) is 0 Å². The standard InChI is InChI=1S/4C6H5.C4H6N8.2Tl/c4*1-2-4-6-5-3-1;1(3-5-9-10-6-3)2-4-7-11-12-8-4;;/h4*1-5H;1-2H2,(H,5,6,9,10)(H,7,8,11,12);;. The summed E-state index contributed by atoms with van der Waals surface area (Å²) in [5.74, 6) is 1.46. The van der Waals surface area contributed by atoms with Gasteiger partial charge in [-0.3, -0.25) is 0 Å². The summed E-state index contributed by atoms with van der Waals surface area (Å²) in [4.78, 5) is 0. The molecule has 2 aromatic heterocycles. The average molecular weight is 883 g/mol. The molecule has 0 bridgehead atoms. The zero-order valence-corrected chi connectivity index (χ0v) is 29.8. The second-order valence-electron chi connectivity index (χ2n) is 8.13. The van der Waals surface area contributed by atoms with Crippen LogP contribution in [0.15, 0.2) is 121 Å². The molecule has 0 saturated heterocycles. The fraction of sp³-hybridized carbons (Fsp3) is 0.0714. The van der Waals surface area contributed by atoms with Crippen LogP contribution in [0.3, 0.4) is 0 Å². The van der Waals surface area contributed by atoms with E-state index in [-0.39, 0.29) is 0 Å². The van der Waals surface area contributed by atoms with E-state index in [9.17, 15) is 0 Å². The summed E-state index contributed by atoms with van der Waals surface area (Å²) in [5, 5.41) is 26.5. The van der Waals surface area contributed by atoms with Gasteiger partial charge in [0.05, 0.1) is 0 Å². The van der Waals surface area contributed by atoms with Crippen molar-refractivity contribution in [1.82, 2.24) is 41.2 Å². The summed E-state index contributed by atoms with van der Waals surface area (Å²) in [6, 6.07) is 43.4. The molecule has 6 aromatic rings. The first-order valence-corrected chi connectivity index (χ1v) is 21.2. The first-order valence-electron chi connectivity index (χ1n) is 12.2. The summed E-state index contributed by atoms with van der Waals surface area (Å²) < 4.78 is 6.31. The van der Waals surface area contributed by atoms with E-state index < -0.39 is 48.5 Å². The summed E-state index contributed by atoms with van der Waals surface area (Å²) >= 11 is -1.73. The number of H-pyrrole nitrogens is 2. The third-order valence-corrected chi connectivity index (χ3v) is 16.4. The monoisotopic (exact) mass is 884 g/mol. The van der Waals surface area contributed by atoms with E-state index in [2.05, 4.69) is 163 Å². The molecule has 0 aliphatic heterocycles. The second kappa shape index (κ2) is 16.7. The quantitative estimate of drug-likeness (QED) is 0.234. The van der Waals surface area contributed by atoms with Gasteiger partial charge in [0.2, 0.25) is 0 Å². The molecule has 0 unspecified atom stereocenters. The first-order chi connectivity index (χ1) is 18.8. The predicted octanol–water partition coefficient (Wildman–Crippen LogP) is 1.18. The molecule has 0 atom stereocenters. The summed E-state index contributed by atoms with van der Waals surface area (Å²) in [7, 11) is 0. The number of aryl methyl sites for hydroxylation is 2. The third-order valence-electron chi connectivity index (χ3n) is 5.24. The Balaban J connectivity index is 0.000000133. The van der Waals surface area contributed by atoms with Crippen LogP contribution < -0.4 is 12.5 Å². The topological polar surface area (TPSA) is 109 Å². The van der Waals surface area contributed by atoms with Gasteiger partial charge in [-0.15, -0.1) is 10.2 Å². The molecule has 0 radical (unpaired) electrons. The van der Waals surface area contributed by atoms with E-state index in [1.165, 1.54) is 0 Å². The number of tetrazole rings is 2. The molecule has 0 amide bonds. The molecule has 10 heteroatoms. The van der Waals surface area contributed by atoms with Crippen LogP contribution in [-0.4, -0.2) is 89.7 Å². The summed E-state index contributed by atoms with van der Waals surface area (Å²) in [6.45, 7) is 0. The van der Waals surface area contributed by atoms with Crippen LogP contribution in [0, 0.1) is 0 Å². The van der Waals surface area contributed by atoms with Gasteiger partial charge in [0.25, 0.3) is 0 Å². The van der Waals surface area contributed by atoms with Gasteiger partial charge >= 0.3 is 182 Å². The van der Waals surface area contributed by atoms with Gasteiger partial charge in [0.1, 0.15) is 11.6 Å². The molecule has 0 aliphatic carbocycles. The zero-order chi connectivity index (χ0) is 26.1. The number of nitrogens with zero attached hydrogens (tertiary/aromatic N) is 6. The Hall–Kier alpha value is -3.14. The average Bonchev–Trinajstić information content (AvgIpc) is 3.70. The van der Waals surface area contributed by atoms with E-state index in [0.717, 1.165) is 11.6 Å². The molecular formula is C28H26N8Tl2. The number of nitrogens with one attached hydrogen (secondary N) is 2. The number of rotatable bonds is 7. The Morgan fingerprint density at radius 1 is 0.421 bits per heavy atom. The van der Waals surface area contributed by atoms with E-state index >= 15 is 0 Å². The van der Waals surface area contributed by atoms with Crippen molar-refractivity contribution in [3.63, 3.8) is 0 Å². The fourth-order valence-electron chi connectivity index (χ4n) is 3.39. The van der Waals surface area contributed by atoms with Gasteiger partial charge in [-0.2, -0.15) is 0 Å². The van der Waals surface area contributed by atoms with Crippen molar-refractivity contribution in [3.05, 3.63) is 133 Å². The Labute approximate surface area is 246 Å². The number of aromatic amines is 2. The van der Waals surface area contributed by atoms with Crippen LogP contribution in [0.4, 0.5) is 0 Å². The maximum atomic E-state index is 3.72. The molecule has 0 aliphatic rings. The molecular weight excluding hydrogens is 857 g/mol. The summed E-state index contributed by atoms with van der Waals surface area (Å²) in [5.41, 5.74) is 0. The maximum absolute atomic E-state index is 3.72. The number of hydrogen-bond acceptors (Lipinski definition) is 6. The van der Waals surface area contributed by atoms with Gasteiger partial charge in [0.15, 0.2) is 0 Å². The Morgan fingerprint density at radius 2 is 0.711 bits per heavy atom. The van der Waals surface area contributed by atoms with Gasteiger partial charge in [-0.25, -0.2) is 10.2 Å². The molecule has 2 N–H and O–H groups in total. The minimum absolute atomic E-state index is 0.698. The van der Waals surface area contributed by atoms with Crippen LogP contribution in [0.5, 0.6) is 0 Å². The molecule has 2 heterocycles. The van der Waals surface area contributed by atoms with Crippen molar-refractivity contribution in [3.8, 4) is 0 Å². The van der Waals surface area contributed by atoms with Crippen LogP contribution in [0.25, 0.3) is 0 Å². The van der Waals surface area contributed by atoms with Gasteiger partial charge in [-0.05, 0) is 20.9 Å². The van der Waals surface area contributed by atoms with Crippen LogP contribution in [0.2, 0.25) is 0 Å². The van der Waals surface area contributed by atoms with Gasteiger partial charge < -0.3 is 0 Å². The van der Waals surface area contributed by atoms with E-state index in [4.69, 9.17) is 0 Å². The molecule has 184 valence electrons. The SMILES string of the molecule is C(Cc1nnn[nH]1)c1nnn[nH]1.c1cc[c]([Tl][c]2ccccc2)cc1.c1cc[c]([Tl][c]2ccccc2)cc1. The van der Waals surface area contributed by atoms with Crippen molar-refractivity contribution >= 4 is 61.0 Å². The van der Waals surface area contributed by atoms with Crippen molar-refractivity contribution < 1.29 is 0 Å². The van der Waals surface area contributed by atoms with Crippen LogP contribution >= 0.6 is 0 Å². The molecule has 38 heavy (non-hydrogen) atoms. The number of hydrogen-bond donors (Lipinski definition) is 2. The molecule has 0 spiro atoms. The van der Waals surface area contributed by atoms with Crippen molar-refractivity contribution in [2.45, 2.75) is 12.8 Å². The zero-order valence-electron chi connectivity index (χ0n) is 20.8. The Morgan fingerprint density at radius 3 is 0.947 bits per heavy atom. The van der Waals surface area contributed by atoms with Crippen molar-refractivity contribution in [2.75, 3.05) is 0 Å². The fourth-order valence-corrected chi connectivity index (χ4v) is 12.8. The molecule has 0 saturated carbocycles. The Bertz CT molecular complexity index is 1200. The van der Waals surface area contributed by atoms with Gasteiger partial charge in [0, 0.05) is 12.8 Å².